The Hall–Kier alpha value is -0.630. The van der Waals surface area contributed by atoms with Gasteiger partial charge in [-0.2, -0.15) is 0 Å². The van der Waals surface area contributed by atoms with E-state index in [1.807, 2.05) is 0 Å². The second-order valence-corrected chi connectivity index (χ2v) is 15.5. The highest BCUT2D eigenvalue weighted by molar-refractivity contribution is 6.81. The molecule has 0 radical (unpaired) electrons. The second kappa shape index (κ2) is 7.94. The molecule has 8 atom stereocenters. The molecule has 0 heterocycles. The summed E-state index contributed by atoms with van der Waals surface area (Å²) in [5.41, 5.74) is 3.49. The van der Waals surface area contributed by atoms with Gasteiger partial charge in [0.25, 0.3) is 5.24 Å². The Labute approximate surface area is 219 Å². The minimum absolute atomic E-state index is 0.177. The number of allylic oxidation sites excluding steroid dienone is 2. The van der Waals surface area contributed by atoms with Gasteiger partial charge in [0.1, 0.15) is 0 Å². The van der Waals surface area contributed by atoms with Crippen LogP contribution in [0.2, 0.25) is 0 Å². The zero-order chi connectivity index (χ0) is 25.8. The van der Waals surface area contributed by atoms with Crippen LogP contribution in [0.4, 0.5) is 0 Å². The van der Waals surface area contributed by atoms with Crippen LogP contribution in [0.3, 0.4) is 0 Å². The lowest BCUT2D eigenvalue weighted by Gasteiger charge is -2.72. The topological polar surface area (TPSA) is 34.1 Å². The first kappa shape index (κ1) is 26.0. The minimum atomic E-state index is -0.748. The number of halogens is 1. The van der Waals surface area contributed by atoms with E-state index in [2.05, 4.69) is 55.4 Å². The summed E-state index contributed by atoms with van der Waals surface area (Å²) in [7, 11) is 0. The zero-order valence-corrected chi connectivity index (χ0v) is 24.4. The van der Waals surface area contributed by atoms with Gasteiger partial charge in [-0.05, 0) is 127 Å². The van der Waals surface area contributed by atoms with Crippen LogP contribution in [-0.4, -0.2) is 11.0 Å². The molecule has 0 aliphatic heterocycles. The normalized spacial score (nSPS) is 48.6. The molecule has 3 heteroatoms. The van der Waals surface area contributed by atoms with Crippen molar-refractivity contribution in [1.82, 2.24) is 0 Å². The number of carbonyl (C=O) groups is 2. The number of Topliss-reactive ketones (excluding diaryl/α,β-unsaturated/α-hetero) is 1. The van der Waals surface area contributed by atoms with Crippen molar-refractivity contribution >= 4 is 22.6 Å². The average molecular weight is 501 g/mol. The lowest BCUT2D eigenvalue weighted by Crippen LogP contribution is -2.65. The SMILES string of the molecule is CC(C)C1=C2[C@H]3CC[C@@H]4[C@@]5(C)CC[C@H](C)C(C)(C)[C@@H]5CC[C@@]4(C)[C@]3(C)CC[C@@]2(C(=O)C(=O)Cl)CC1. The molecule has 0 saturated heterocycles. The van der Waals surface area contributed by atoms with E-state index in [0.29, 0.717) is 22.7 Å². The molecule has 4 saturated carbocycles. The zero-order valence-electron chi connectivity index (χ0n) is 23.7. The van der Waals surface area contributed by atoms with Gasteiger partial charge < -0.3 is 0 Å². The fourth-order valence-electron chi connectivity index (χ4n) is 11.4. The van der Waals surface area contributed by atoms with Gasteiger partial charge in [0, 0.05) is 0 Å². The molecule has 0 aromatic rings. The molecule has 0 bridgehead atoms. The fraction of sp³-hybridized carbons (Fsp3) is 0.875. The molecule has 0 unspecified atom stereocenters. The molecule has 5 rings (SSSR count). The van der Waals surface area contributed by atoms with Crippen molar-refractivity contribution in [2.24, 2.45) is 56.7 Å². The van der Waals surface area contributed by atoms with E-state index < -0.39 is 10.7 Å². The maximum Gasteiger partial charge on any atom is 0.289 e. The van der Waals surface area contributed by atoms with Crippen molar-refractivity contribution in [2.45, 2.75) is 120 Å². The molecule has 35 heavy (non-hydrogen) atoms. The molecule has 0 spiro atoms. The van der Waals surface area contributed by atoms with Gasteiger partial charge in [-0.25, -0.2) is 0 Å². The van der Waals surface area contributed by atoms with E-state index in [1.54, 1.807) is 0 Å². The van der Waals surface area contributed by atoms with Crippen LogP contribution < -0.4 is 0 Å². The van der Waals surface area contributed by atoms with E-state index >= 15 is 0 Å². The van der Waals surface area contributed by atoms with Gasteiger partial charge in [-0.3, -0.25) is 9.59 Å². The van der Waals surface area contributed by atoms with Crippen molar-refractivity contribution in [3.8, 4) is 0 Å². The van der Waals surface area contributed by atoms with Gasteiger partial charge in [-0.15, -0.1) is 0 Å². The second-order valence-electron chi connectivity index (χ2n) is 15.2. The summed E-state index contributed by atoms with van der Waals surface area (Å²) >= 11 is 5.92. The van der Waals surface area contributed by atoms with Crippen LogP contribution in [0.15, 0.2) is 11.1 Å². The van der Waals surface area contributed by atoms with Gasteiger partial charge in [0.15, 0.2) is 0 Å². The quantitative estimate of drug-likeness (QED) is 0.220. The summed E-state index contributed by atoms with van der Waals surface area (Å²) < 4.78 is 0. The summed E-state index contributed by atoms with van der Waals surface area (Å²) in [5, 5.41) is -0.748. The Morgan fingerprint density at radius 2 is 1.51 bits per heavy atom. The molecule has 4 fully saturated rings. The molecule has 5 aliphatic rings. The molecular weight excluding hydrogens is 452 g/mol. The van der Waals surface area contributed by atoms with Crippen LogP contribution >= 0.6 is 11.6 Å². The van der Waals surface area contributed by atoms with E-state index in [0.717, 1.165) is 43.4 Å². The summed E-state index contributed by atoms with van der Waals surface area (Å²) in [5.74, 6) is 2.86. The smallest absolute Gasteiger partial charge is 0.288 e. The van der Waals surface area contributed by atoms with Crippen molar-refractivity contribution in [2.75, 3.05) is 0 Å². The number of ketones is 1. The maximum absolute atomic E-state index is 13.4. The van der Waals surface area contributed by atoms with Crippen molar-refractivity contribution in [3.63, 3.8) is 0 Å². The Kier molecular flexibility index (Phi) is 5.90. The van der Waals surface area contributed by atoms with Crippen LogP contribution in [-0.2, 0) is 9.59 Å². The largest absolute Gasteiger partial charge is 0.289 e. The predicted octanol–water partition coefficient (Wildman–Crippen LogP) is 8.76. The molecular formula is C32H49ClO2. The monoisotopic (exact) mass is 500 g/mol. The predicted molar refractivity (Wildman–Crippen MR) is 144 cm³/mol. The molecule has 0 N–H and O–H groups in total. The third-order valence-corrected chi connectivity index (χ3v) is 14.0. The van der Waals surface area contributed by atoms with Crippen LogP contribution in [0.1, 0.15) is 120 Å². The van der Waals surface area contributed by atoms with Crippen LogP contribution in [0.5, 0.6) is 0 Å². The molecule has 0 amide bonds. The summed E-state index contributed by atoms with van der Waals surface area (Å²) in [4.78, 5) is 25.7. The summed E-state index contributed by atoms with van der Waals surface area (Å²) in [6.45, 7) is 20.0. The van der Waals surface area contributed by atoms with Gasteiger partial charge in [-0.1, -0.05) is 66.5 Å². The molecule has 0 aromatic carbocycles. The third kappa shape index (κ3) is 3.13. The minimum Gasteiger partial charge on any atom is -0.288 e. The Bertz CT molecular complexity index is 976. The Balaban J connectivity index is 1.60. The van der Waals surface area contributed by atoms with E-state index in [1.165, 1.54) is 49.7 Å². The molecule has 0 aromatic heterocycles. The molecule has 5 aliphatic carbocycles. The third-order valence-electron chi connectivity index (χ3n) is 13.8. The first-order chi connectivity index (χ1) is 16.2. The van der Waals surface area contributed by atoms with Crippen LogP contribution in [0, 0.1) is 56.7 Å². The Morgan fingerprint density at radius 3 is 2.14 bits per heavy atom. The summed E-state index contributed by atoms with van der Waals surface area (Å²) in [6.07, 6.45) is 11.4. The highest BCUT2D eigenvalue weighted by Crippen LogP contribution is 2.77. The van der Waals surface area contributed by atoms with Gasteiger partial charge in [0.05, 0.1) is 5.41 Å². The lowest BCUT2D eigenvalue weighted by molar-refractivity contribution is -0.219. The average Bonchev–Trinajstić information content (AvgIpc) is 3.17. The van der Waals surface area contributed by atoms with Gasteiger partial charge >= 0.3 is 0 Å². The standard InChI is InChI=1S/C32H49ClO2/c1-19(2)21-12-16-32(26(34)27(33)35)18-17-30(7)22(25(21)32)9-10-24-29(6)14-11-20(3)28(4,5)23(29)13-15-31(24,30)8/h19-20,22-24H,9-18H2,1-8H3/t20-,22+,23-,24+,29-,30+,31+,32-/m0/s1. The Morgan fingerprint density at radius 1 is 0.829 bits per heavy atom. The number of rotatable bonds is 3. The fourth-order valence-corrected chi connectivity index (χ4v) is 11.6. The van der Waals surface area contributed by atoms with E-state index in [4.69, 9.17) is 11.6 Å². The number of carbonyl (C=O) groups excluding carboxylic acids is 2. The molecule has 196 valence electrons. The number of fused-ring (bicyclic) bond motifs is 7. The van der Waals surface area contributed by atoms with Crippen molar-refractivity contribution < 1.29 is 9.59 Å². The van der Waals surface area contributed by atoms with E-state index in [-0.39, 0.29) is 16.6 Å². The van der Waals surface area contributed by atoms with Crippen LogP contribution in [0.25, 0.3) is 0 Å². The first-order valence-corrected chi connectivity index (χ1v) is 15.0. The highest BCUT2D eigenvalue weighted by Gasteiger charge is 2.70. The highest BCUT2D eigenvalue weighted by atomic mass is 35.5. The van der Waals surface area contributed by atoms with Gasteiger partial charge in [0.2, 0.25) is 5.78 Å². The van der Waals surface area contributed by atoms with Crippen molar-refractivity contribution in [1.29, 1.82) is 0 Å². The summed E-state index contributed by atoms with van der Waals surface area (Å²) in [6, 6.07) is 0. The number of hydrogen-bond donors (Lipinski definition) is 0. The first-order valence-electron chi connectivity index (χ1n) is 14.6. The van der Waals surface area contributed by atoms with Crippen molar-refractivity contribution in [3.05, 3.63) is 11.1 Å². The van der Waals surface area contributed by atoms with E-state index in [9.17, 15) is 9.59 Å². The lowest BCUT2D eigenvalue weighted by atomic mass is 9.32. The molecule has 2 nitrogen and oxygen atoms in total. The number of hydrogen-bond acceptors (Lipinski definition) is 2. The maximum atomic E-state index is 13.4.